The summed E-state index contributed by atoms with van der Waals surface area (Å²) in [5, 5.41) is 0.368. The van der Waals surface area contributed by atoms with Crippen molar-refractivity contribution in [2.75, 3.05) is 26.8 Å². The number of amides is 1. The summed E-state index contributed by atoms with van der Waals surface area (Å²) in [7, 11) is 1.76. The van der Waals surface area contributed by atoms with Crippen LogP contribution in [0, 0.1) is 0 Å². The van der Waals surface area contributed by atoms with Crippen LogP contribution in [0.2, 0.25) is 5.15 Å². The van der Waals surface area contributed by atoms with Crippen LogP contribution in [0.1, 0.15) is 36.3 Å². The fourth-order valence-corrected chi connectivity index (χ4v) is 1.95. The molecule has 1 aromatic heterocycles. The van der Waals surface area contributed by atoms with Crippen molar-refractivity contribution in [3.63, 3.8) is 0 Å². The van der Waals surface area contributed by atoms with Gasteiger partial charge in [0, 0.05) is 31.5 Å². The lowest BCUT2D eigenvalue weighted by atomic mass is 10.1. The number of carbonyl (C=O) groups is 1. The molecule has 0 saturated heterocycles. The zero-order chi connectivity index (χ0) is 14.3. The first-order valence-corrected chi connectivity index (χ1v) is 6.96. The van der Waals surface area contributed by atoms with Crippen LogP contribution in [-0.2, 0) is 11.2 Å². The second kappa shape index (κ2) is 8.12. The van der Waals surface area contributed by atoms with Crippen LogP contribution in [0.25, 0.3) is 0 Å². The molecule has 0 N–H and O–H groups in total. The number of ether oxygens (including phenoxy) is 1. The Morgan fingerprint density at radius 3 is 2.79 bits per heavy atom. The summed E-state index contributed by atoms with van der Waals surface area (Å²) in [6.45, 7) is 5.76. The number of hydrogen-bond acceptors (Lipinski definition) is 3. The highest BCUT2D eigenvalue weighted by molar-refractivity contribution is 6.29. The minimum absolute atomic E-state index is 0.0543. The van der Waals surface area contributed by atoms with Crippen molar-refractivity contribution in [1.82, 2.24) is 9.88 Å². The molecule has 1 heterocycles. The van der Waals surface area contributed by atoms with E-state index in [1.807, 2.05) is 13.0 Å². The first-order valence-electron chi connectivity index (χ1n) is 6.58. The number of carbonyl (C=O) groups excluding carboxylic acids is 1. The molecule has 0 bridgehead atoms. The monoisotopic (exact) mass is 284 g/mol. The Morgan fingerprint density at radius 1 is 1.42 bits per heavy atom. The summed E-state index contributed by atoms with van der Waals surface area (Å²) in [5.41, 5.74) is 1.44. The van der Waals surface area contributed by atoms with Crippen LogP contribution in [0.5, 0.6) is 0 Å². The molecule has 0 aliphatic carbocycles. The molecule has 1 aromatic rings. The lowest BCUT2D eigenvalue weighted by Crippen LogP contribution is -2.30. The van der Waals surface area contributed by atoms with E-state index in [2.05, 4.69) is 11.9 Å². The van der Waals surface area contributed by atoms with Gasteiger partial charge in [0.15, 0.2) is 0 Å². The Labute approximate surface area is 119 Å². The number of aryl methyl sites for hydroxylation is 1. The summed E-state index contributed by atoms with van der Waals surface area (Å²) in [5.74, 6) is -0.0543. The van der Waals surface area contributed by atoms with E-state index in [1.165, 1.54) is 0 Å². The lowest BCUT2D eigenvalue weighted by molar-refractivity contribution is 0.0709. The van der Waals surface area contributed by atoms with Crippen molar-refractivity contribution in [2.45, 2.75) is 26.7 Å². The van der Waals surface area contributed by atoms with Crippen molar-refractivity contribution in [2.24, 2.45) is 0 Å². The van der Waals surface area contributed by atoms with Gasteiger partial charge in [-0.15, -0.1) is 0 Å². The van der Waals surface area contributed by atoms with Crippen molar-refractivity contribution >= 4 is 17.5 Å². The molecule has 1 rings (SSSR count). The quantitative estimate of drug-likeness (QED) is 0.571. The first kappa shape index (κ1) is 15.9. The summed E-state index contributed by atoms with van der Waals surface area (Å²) in [4.78, 5) is 18.1. The van der Waals surface area contributed by atoms with Gasteiger partial charge in [0.1, 0.15) is 5.15 Å². The van der Waals surface area contributed by atoms with Crippen LogP contribution >= 0.6 is 11.6 Å². The Morgan fingerprint density at radius 2 is 2.16 bits per heavy atom. The third-order valence-corrected chi connectivity index (χ3v) is 2.92. The molecule has 0 unspecified atom stereocenters. The van der Waals surface area contributed by atoms with E-state index in [0.717, 1.165) is 18.5 Å². The number of pyridine rings is 1. The fraction of sp³-hybridized carbons (Fsp3) is 0.571. The number of hydrogen-bond donors (Lipinski definition) is 0. The van der Waals surface area contributed by atoms with Gasteiger partial charge in [-0.1, -0.05) is 24.9 Å². The Bertz CT molecular complexity index is 424. The van der Waals surface area contributed by atoms with E-state index in [4.69, 9.17) is 16.3 Å². The van der Waals surface area contributed by atoms with Gasteiger partial charge >= 0.3 is 0 Å². The Kier molecular flexibility index (Phi) is 6.81. The van der Waals surface area contributed by atoms with Crippen molar-refractivity contribution in [1.29, 1.82) is 0 Å². The second-order valence-electron chi connectivity index (χ2n) is 4.34. The van der Waals surface area contributed by atoms with E-state index in [9.17, 15) is 4.79 Å². The van der Waals surface area contributed by atoms with Gasteiger partial charge in [-0.3, -0.25) is 4.79 Å². The van der Waals surface area contributed by atoms with E-state index >= 15 is 0 Å². The van der Waals surface area contributed by atoms with Gasteiger partial charge < -0.3 is 9.64 Å². The molecular formula is C14H21ClN2O2. The molecule has 106 valence electrons. The van der Waals surface area contributed by atoms with Crippen molar-refractivity contribution < 1.29 is 9.53 Å². The van der Waals surface area contributed by atoms with Crippen LogP contribution in [-0.4, -0.2) is 42.6 Å². The van der Waals surface area contributed by atoms with Crippen molar-refractivity contribution in [3.8, 4) is 0 Å². The molecule has 0 atom stereocenters. The zero-order valence-corrected chi connectivity index (χ0v) is 12.5. The number of rotatable bonds is 7. The first-order chi connectivity index (χ1) is 9.08. The molecule has 0 radical (unpaired) electrons. The van der Waals surface area contributed by atoms with Crippen LogP contribution < -0.4 is 0 Å². The minimum atomic E-state index is -0.0543. The molecule has 0 aliphatic rings. The molecule has 0 spiro atoms. The predicted molar refractivity (Wildman–Crippen MR) is 76.7 cm³/mol. The normalized spacial score (nSPS) is 10.5. The molecule has 0 saturated carbocycles. The number of nitrogens with zero attached hydrogens (tertiary/aromatic N) is 2. The molecule has 5 heteroatoms. The summed E-state index contributed by atoms with van der Waals surface area (Å²) < 4.78 is 5.24. The third-order valence-electron chi connectivity index (χ3n) is 2.72. The molecule has 4 nitrogen and oxygen atoms in total. The van der Waals surface area contributed by atoms with Gasteiger partial charge in [0.05, 0.1) is 6.61 Å². The second-order valence-corrected chi connectivity index (χ2v) is 4.73. The summed E-state index contributed by atoms with van der Waals surface area (Å²) >= 11 is 5.95. The fourth-order valence-electron chi connectivity index (χ4n) is 1.73. The van der Waals surface area contributed by atoms with E-state index in [1.54, 1.807) is 18.0 Å². The molecule has 19 heavy (non-hydrogen) atoms. The van der Waals surface area contributed by atoms with Crippen molar-refractivity contribution in [3.05, 3.63) is 28.5 Å². The maximum absolute atomic E-state index is 12.2. The van der Waals surface area contributed by atoms with Crippen LogP contribution in [0.15, 0.2) is 12.1 Å². The molecule has 0 aromatic carbocycles. The topological polar surface area (TPSA) is 42.4 Å². The zero-order valence-electron chi connectivity index (χ0n) is 11.8. The van der Waals surface area contributed by atoms with Crippen LogP contribution in [0.4, 0.5) is 0 Å². The lowest BCUT2D eigenvalue weighted by Gasteiger charge is -2.17. The average molecular weight is 285 g/mol. The van der Waals surface area contributed by atoms with E-state index < -0.39 is 0 Å². The molecular weight excluding hydrogens is 264 g/mol. The molecule has 0 fully saturated rings. The smallest absolute Gasteiger partial charge is 0.253 e. The number of halogens is 1. The summed E-state index contributed by atoms with van der Waals surface area (Å²) in [6.07, 6.45) is 1.80. The van der Waals surface area contributed by atoms with E-state index in [0.29, 0.717) is 30.5 Å². The average Bonchev–Trinajstić information content (AvgIpc) is 2.37. The SMILES string of the molecule is CCCc1cc(C(=O)N(C)CCOCC)cc(Cl)n1. The predicted octanol–water partition coefficient (Wildman–Crippen LogP) is 2.80. The van der Waals surface area contributed by atoms with Gasteiger partial charge in [0.2, 0.25) is 0 Å². The molecule has 0 aliphatic heterocycles. The number of likely N-dealkylation sites (N-methyl/N-ethyl adjacent to an activating group) is 1. The molecule has 1 amide bonds. The number of aromatic nitrogens is 1. The standard InChI is InChI=1S/C14H21ClN2O2/c1-4-6-12-9-11(10-13(15)16-12)14(18)17(3)7-8-19-5-2/h9-10H,4-8H2,1-3H3. The van der Waals surface area contributed by atoms with Gasteiger partial charge in [0.25, 0.3) is 5.91 Å². The van der Waals surface area contributed by atoms with Gasteiger partial charge in [-0.25, -0.2) is 4.98 Å². The Balaban J connectivity index is 2.74. The highest BCUT2D eigenvalue weighted by Gasteiger charge is 2.13. The maximum Gasteiger partial charge on any atom is 0.253 e. The third kappa shape index (κ3) is 5.17. The van der Waals surface area contributed by atoms with E-state index in [-0.39, 0.29) is 5.91 Å². The minimum Gasteiger partial charge on any atom is -0.380 e. The highest BCUT2D eigenvalue weighted by atomic mass is 35.5. The van der Waals surface area contributed by atoms with Gasteiger partial charge in [-0.2, -0.15) is 0 Å². The highest BCUT2D eigenvalue weighted by Crippen LogP contribution is 2.14. The summed E-state index contributed by atoms with van der Waals surface area (Å²) in [6, 6.07) is 3.43. The maximum atomic E-state index is 12.2. The van der Waals surface area contributed by atoms with Gasteiger partial charge in [-0.05, 0) is 25.5 Å². The van der Waals surface area contributed by atoms with Crippen LogP contribution in [0.3, 0.4) is 0 Å². The largest absolute Gasteiger partial charge is 0.380 e. The Hall–Kier alpha value is -1.13.